The van der Waals surface area contributed by atoms with Gasteiger partial charge < -0.3 is 15.2 Å². The van der Waals surface area contributed by atoms with Crippen LogP contribution in [0.5, 0.6) is 5.75 Å². The van der Waals surface area contributed by atoms with E-state index in [1.807, 2.05) is 25.1 Å². The van der Waals surface area contributed by atoms with E-state index < -0.39 is 6.10 Å². The van der Waals surface area contributed by atoms with E-state index in [0.29, 0.717) is 6.54 Å². The molecule has 3 nitrogen and oxygen atoms in total. The number of aliphatic hydroxyl groups excluding tert-OH is 1. The Hall–Kier alpha value is -1.32. The highest BCUT2D eigenvalue weighted by Crippen LogP contribution is 2.26. The maximum absolute atomic E-state index is 10.3. The maximum atomic E-state index is 10.3. The molecule has 2 rings (SSSR count). The van der Waals surface area contributed by atoms with Crippen LogP contribution in [0, 0.1) is 6.92 Å². The average Bonchev–Trinajstić information content (AvgIpc) is 2.52. The Kier molecular flexibility index (Phi) is 6.27. The zero-order valence-corrected chi connectivity index (χ0v) is 13.2. The first-order chi connectivity index (χ1) is 10.2. The van der Waals surface area contributed by atoms with E-state index >= 15 is 0 Å². The molecular weight excluding hydrogens is 262 g/mol. The standard InChI is InChI=1S/C18H27NO2/c1-14-8-9-18(21-2)16(12-14)17(20)13-19-11-10-15-6-4-3-5-7-15/h6,8-9,12,17,19-20H,3-5,7,10-11,13H2,1-2H3. The summed E-state index contributed by atoms with van der Waals surface area (Å²) >= 11 is 0. The van der Waals surface area contributed by atoms with Gasteiger partial charge in [-0.3, -0.25) is 0 Å². The van der Waals surface area contributed by atoms with Crippen LogP contribution in [-0.2, 0) is 0 Å². The molecule has 0 bridgehead atoms. The summed E-state index contributed by atoms with van der Waals surface area (Å²) in [5, 5.41) is 13.7. The molecule has 1 atom stereocenters. The number of methoxy groups -OCH3 is 1. The lowest BCUT2D eigenvalue weighted by Gasteiger charge is -2.17. The zero-order chi connectivity index (χ0) is 15.1. The van der Waals surface area contributed by atoms with Crippen molar-refractivity contribution in [1.29, 1.82) is 0 Å². The molecule has 21 heavy (non-hydrogen) atoms. The van der Waals surface area contributed by atoms with Crippen LogP contribution in [0.2, 0.25) is 0 Å². The number of allylic oxidation sites excluding steroid dienone is 1. The van der Waals surface area contributed by atoms with E-state index in [9.17, 15) is 5.11 Å². The van der Waals surface area contributed by atoms with Crippen LogP contribution >= 0.6 is 0 Å². The third-order valence-electron chi connectivity index (χ3n) is 4.09. The molecule has 2 N–H and O–H groups in total. The molecule has 0 radical (unpaired) electrons. The van der Waals surface area contributed by atoms with Gasteiger partial charge in [0.25, 0.3) is 0 Å². The van der Waals surface area contributed by atoms with Crippen LogP contribution in [0.1, 0.15) is 49.3 Å². The van der Waals surface area contributed by atoms with Crippen LogP contribution in [0.15, 0.2) is 29.8 Å². The fourth-order valence-corrected chi connectivity index (χ4v) is 2.84. The molecule has 0 aromatic heterocycles. The summed E-state index contributed by atoms with van der Waals surface area (Å²) in [7, 11) is 1.64. The van der Waals surface area contributed by atoms with Crippen molar-refractivity contribution in [1.82, 2.24) is 5.32 Å². The van der Waals surface area contributed by atoms with Crippen LogP contribution in [-0.4, -0.2) is 25.3 Å². The molecule has 0 fully saturated rings. The molecule has 116 valence electrons. The third-order valence-corrected chi connectivity index (χ3v) is 4.09. The minimum Gasteiger partial charge on any atom is -0.496 e. The van der Waals surface area contributed by atoms with Gasteiger partial charge in [0, 0.05) is 12.1 Å². The minimum absolute atomic E-state index is 0.528. The second-order valence-electron chi connectivity index (χ2n) is 5.82. The van der Waals surface area contributed by atoms with Crippen molar-refractivity contribution in [2.24, 2.45) is 0 Å². The Balaban J connectivity index is 1.80. The van der Waals surface area contributed by atoms with Gasteiger partial charge in [-0.25, -0.2) is 0 Å². The summed E-state index contributed by atoms with van der Waals surface area (Å²) in [5.41, 5.74) is 3.57. The number of aryl methyl sites for hydroxylation is 1. The van der Waals surface area contributed by atoms with Crippen molar-refractivity contribution in [2.75, 3.05) is 20.2 Å². The molecule has 0 spiro atoms. The highest BCUT2D eigenvalue weighted by molar-refractivity contribution is 5.38. The Morgan fingerprint density at radius 3 is 2.90 bits per heavy atom. The number of hydrogen-bond acceptors (Lipinski definition) is 3. The van der Waals surface area contributed by atoms with Crippen LogP contribution in [0.25, 0.3) is 0 Å². The summed E-state index contributed by atoms with van der Waals surface area (Å²) in [6, 6.07) is 5.91. The van der Waals surface area contributed by atoms with E-state index in [1.54, 1.807) is 12.7 Å². The normalized spacial score (nSPS) is 16.4. The number of aliphatic hydroxyl groups is 1. The second-order valence-corrected chi connectivity index (χ2v) is 5.82. The first-order valence-corrected chi connectivity index (χ1v) is 7.92. The number of hydrogen-bond donors (Lipinski definition) is 2. The van der Waals surface area contributed by atoms with Crippen molar-refractivity contribution < 1.29 is 9.84 Å². The van der Waals surface area contributed by atoms with Gasteiger partial charge in [0.15, 0.2) is 0 Å². The fraction of sp³-hybridized carbons (Fsp3) is 0.556. The summed E-state index contributed by atoms with van der Waals surface area (Å²) in [6.07, 6.45) is 8.09. The van der Waals surface area contributed by atoms with Gasteiger partial charge in [-0.1, -0.05) is 23.3 Å². The SMILES string of the molecule is COc1ccc(C)cc1C(O)CNCCC1=CCCCC1. The molecule has 1 aromatic rings. The zero-order valence-electron chi connectivity index (χ0n) is 13.2. The smallest absolute Gasteiger partial charge is 0.124 e. The van der Waals surface area contributed by atoms with E-state index in [0.717, 1.165) is 29.8 Å². The Morgan fingerprint density at radius 2 is 2.19 bits per heavy atom. The largest absolute Gasteiger partial charge is 0.496 e. The second kappa shape index (κ2) is 8.20. The lowest BCUT2D eigenvalue weighted by Crippen LogP contribution is -2.23. The number of rotatable bonds is 7. The topological polar surface area (TPSA) is 41.5 Å². The lowest BCUT2D eigenvalue weighted by atomic mass is 9.97. The Labute approximate surface area is 128 Å². The highest BCUT2D eigenvalue weighted by Gasteiger charge is 2.13. The molecule has 0 heterocycles. The monoisotopic (exact) mass is 289 g/mol. The summed E-state index contributed by atoms with van der Waals surface area (Å²) in [6.45, 7) is 3.52. The van der Waals surface area contributed by atoms with Gasteiger partial charge in [-0.05, 0) is 57.7 Å². The molecule has 0 saturated heterocycles. The van der Waals surface area contributed by atoms with Gasteiger partial charge >= 0.3 is 0 Å². The van der Waals surface area contributed by atoms with Gasteiger partial charge in [0.1, 0.15) is 5.75 Å². The predicted molar refractivity (Wildman–Crippen MR) is 86.7 cm³/mol. The third kappa shape index (κ3) is 4.87. The Morgan fingerprint density at radius 1 is 1.33 bits per heavy atom. The number of nitrogens with one attached hydrogen (secondary N) is 1. The maximum Gasteiger partial charge on any atom is 0.124 e. The van der Waals surface area contributed by atoms with Crippen LogP contribution in [0.3, 0.4) is 0 Å². The molecule has 1 aliphatic rings. The number of ether oxygens (including phenoxy) is 1. The van der Waals surface area contributed by atoms with Gasteiger partial charge in [-0.2, -0.15) is 0 Å². The predicted octanol–water partition coefficient (Wildman–Crippen LogP) is 3.52. The average molecular weight is 289 g/mol. The first-order valence-electron chi connectivity index (χ1n) is 7.92. The van der Waals surface area contributed by atoms with E-state index in [1.165, 1.54) is 25.7 Å². The molecule has 1 aliphatic carbocycles. The molecule has 3 heteroatoms. The minimum atomic E-state index is -0.528. The Bertz CT molecular complexity index is 482. The molecule has 0 aliphatic heterocycles. The lowest BCUT2D eigenvalue weighted by molar-refractivity contribution is 0.170. The highest BCUT2D eigenvalue weighted by atomic mass is 16.5. The quantitative estimate of drug-likeness (QED) is 0.596. The van der Waals surface area contributed by atoms with Crippen molar-refractivity contribution in [3.63, 3.8) is 0 Å². The summed E-state index contributed by atoms with van der Waals surface area (Å²) in [4.78, 5) is 0. The number of benzene rings is 1. The fourth-order valence-electron chi connectivity index (χ4n) is 2.84. The van der Waals surface area contributed by atoms with E-state index in [-0.39, 0.29) is 0 Å². The molecule has 0 amide bonds. The molecule has 1 unspecified atom stereocenters. The van der Waals surface area contributed by atoms with Gasteiger partial charge in [0.2, 0.25) is 0 Å². The van der Waals surface area contributed by atoms with Crippen LogP contribution < -0.4 is 10.1 Å². The van der Waals surface area contributed by atoms with Crippen molar-refractivity contribution in [3.8, 4) is 5.75 Å². The first kappa shape index (κ1) is 16.1. The van der Waals surface area contributed by atoms with E-state index in [2.05, 4.69) is 11.4 Å². The van der Waals surface area contributed by atoms with Crippen LogP contribution in [0.4, 0.5) is 0 Å². The van der Waals surface area contributed by atoms with Crippen molar-refractivity contribution in [3.05, 3.63) is 41.0 Å². The molecular formula is C18H27NO2. The van der Waals surface area contributed by atoms with Crippen molar-refractivity contribution in [2.45, 2.75) is 45.1 Å². The molecule has 0 saturated carbocycles. The summed E-state index contributed by atoms with van der Waals surface area (Å²) in [5.74, 6) is 0.755. The molecule has 1 aromatic carbocycles. The van der Waals surface area contributed by atoms with Gasteiger partial charge in [0.05, 0.1) is 13.2 Å². The van der Waals surface area contributed by atoms with Gasteiger partial charge in [-0.15, -0.1) is 0 Å². The summed E-state index contributed by atoms with van der Waals surface area (Å²) < 4.78 is 5.33. The van der Waals surface area contributed by atoms with E-state index in [4.69, 9.17) is 4.74 Å². The van der Waals surface area contributed by atoms with Crippen molar-refractivity contribution >= 4 is 0 Å².